The highest BCUT2D eigenvalue weighted by Gasteiger charge is 2.21. The molecule has 1 atom stereocenters. The van der Waals surface area contributed by atoms with Gasteiger partial charge < -0.3 is 10.2 Å². The van der Waals surface area contributed by atoms with Crippen LogP contribution in [-0.2, 0) is 0 Å². The summed E-state index contributed by atoms with van der Waals surface area (Å²) in [4.78, 5) is 14.4. The summed E-state index contributed by atoms with van der Waals surface area (Å²) < 4.78 is 0.806. The molecule has 1 N–H and O–H groups in total. The van der Waals surface area contributed by atoms with Crippen molar-refractivity contribution < 1.29 is 4.79 Å². The third-order valence-electron chi connectivity index (χ3n) is 3.55. The van der Waals surface area contributed by atoms with Gasteiger partial charge in [-0.3, -0.25) is 4.79 Å². The number of rotatable bonds is 4. The van der Waals surface area contributed by atoms with Crippen LogP contribution in [0.15, 0.2) is 22.7 Å². The van der Waals surface area contributed by atoms with E-state index < -0.39 is 0 Å². The Balaban J connectivity index is 1.86. The van der Waals surface area contributed by atoms with E-state index in [-0.39, 0.29) is 5.91 Å². The molecule has 1 aliphatic heterocycles. The zero-order valence-electron chi connectivity index (χ0n) is 11.0. The highest BCUT2D eigenvalue weighted by atomic mass is 79.9. The number of hydrogen-bond donors (Lipinski definition) is 1. The molecule has 1 saturated heterocycles. The Morgan fingerprint density at radius 1 is 1.58 bits per heavy atom. The van der Waals surface area contributed by atoms with Crippen LogP contribution in [0.2, 0.25) is 5.02 Å². The van der Waals surface area contributed by atoms with E-state index in [0.29, 0.717) is 16.5 Å². The molecule has 1 aromatic rings. The van der Waals surface area contributed by atoms with Gasteiger partial charge in [0, 0.05) is 23.1 Å². The molecule has 1 aromatic carbocycles. The number of carbonyl (C=O) groups excluding carboxylic acids is 1. The van der Waals surface area contributed by atoms with Crippen LogP contribution in [0, 0.1) is 5.92 Å². The lowest BCUT2D eigenvalue weighted by Crippen LogP contribution is -2.31. The number of halogens is 2. The van der Waals surface area contributed by atoms with Crippen LogP contribution < -0.4 is 5.32 Å². The molecule has 104 valence electrons. The van der Waals surface area contributed by atoms with E-state index in [1.807, 2.05) is 0 Å². The van der Waals surface area contributed by atoms with Crippen LogP contribution in [0.3, 0.4) is 0 Å². The van der Waals surface area contributed by atoms with Crippen LogP contribution >= 0.6 is 27.5 Å². The third-order valence-corrected chi connectivity index (χ3v) is 4.78. The van der Waals surface area contributed by atoms with Crippen LogP contribution in [0.25, 0.3) is 0 Å². The van der Waals surface area contributed by atoms with Gasteiger partial charge >= 0.3 is 0 Å². The second-order valence-electron chi connectivity index (χ2n) is 4.89. The Kier molecular flexibility index (Phi) is 5.25. The number of benzene rings is 1. The zero-order chi connectivity index (χ0) is 13.8. The maximum Gasteiger partial charge on any atom is 0.251 e. The van der Waals surface area contributed by atoms with E-state index in [9.17, 15) is 4.79 Å². The molecular formula is C14H18BrClN2O. The highest BCUT2D eigenvalue weighted by molar-refractivity contribution is 9.10. The number of nitrogens with zero attached hydrogens (tertiary/aromatic N) is 1. The van der Waals surface area contributed by atoms with Crippen molar-refractivity contribution in [3.63, 3.8) is 0 Å². The maximum absolute atomic E-state index is 12.0. The highest BCUT2D eigenvalue weighted by Crippen LogP contribution is 2.23. The van der Waals surface area contributed by atoms with Gasteiger partial charge in [-0.1, -0.05) is 18.5 Å². The molecule has 0 aromatic heterocycles. The molecule has 19 heavy (non-hydrogen) atoms. The summed E-state index contributed by atoms with van der Waals surface area (Å²) in [5, 5.41) is 3.55. The van der Waals surface area contributed by atoms with Crippen molar-refractivity contribution in [1.82, 2.24) is 10.2 Å². The van der Waals surface area contributed by atoms with Crippen LogP contribution in [-0.4, -0.2) is 37.0 Å². The largest absolute Gasteiger partial charge is 0.352 e. The smallest absolute Gasteiger partial charge is 0.251 e. The van der Waals surface area contributed by atoms with Crippen LogP contribution in [0.5, 0.6) is 0 Å². The first kappa shape index (κ1) is 14.8. The average molecular weight is 346 g/mol. The van der Waals surface area contributed by atoms with Crippen molar-refractivity contribution in [2.45, 2.75) is 13.3 Å². The zero-order valence-corrected chi connectivity index (χ0v) is 13.3. The summed E-state index contributed by atoms with van der Waals surface area (Å²) in [5.74, 6) is 0.513. The molecule has 0 bridgehead atoms. The number of nitrogens with one attached hydrogen (secondary N) is 1. The maximum atomic E-state index is 12.0. The van der Waals surface area contributed by atoms with Crippen molar-refractivity contribution in [2.75, 3.05) is 26.2 Å². The first-order valence-electron chi connectivity index (χ1n) is 6.55. The van der Waals surface area contributed by atoms with E-state index in [1.165, 1.54) is 0 Å². The molecular weight excluding hydrogens is 328 g/mol. The Hall–Kier alpha value is -0.580. The van der Waals surface area contributed by atoms with Crippen molar-refractivity contribution in [2.24, 2.45) is 5.92 Å². The van der Waals surface area contributed by atoms with Gasteiger partial charge in [-0.05, 0) is 59.6 Å². The average Bonchev–Trinajstić information content (AvgIpc) is 2.87. The molecule has 1 aliphatic rings. The molecule has 3 nitrogen and oxygen atoms in total. The fourth-order valence-electron chi connectivity index (χ4n) is 2.34. The summed E-state index contributed by atoms with van der Waals surface area (Å²) in [6.45, 7) is 6.22. The topological polar surface area (TPSA) is 32.3 Å². The molecule has 1 amide bonds. The summed E-state index contributed by atoms with van der Waals surface area (Å²) >= 11 is 9.31. The SMILES string of the molecule is CCN1CCC(CNC(=O)c2ccc(Br)c(Cl)c2)C1. The minimum Gasteiger partial charge on any atom is -0.352 e. The first-order chi connectivity index (χ1) is 9.10. The van der Waals surface area contributed by atoms with Gasteiger partial charge in [0.2, 0.25) is 0 Å². The standard InChI is InChI=1S/C14H18BrClN2O/c1-2-18-6-5-10(9-18)8-17-14(19)11-3-4-12(15)13(16)7-11/h3-4,7,10H,2,5-6,8-9H2,1H3,(H,17,19). The van der Waals surface area contributed by atoms with Crippen molar-refractivity contribution >= 4 is 33.4 Å². The van der Waals surface area contributed by atoms with Crippen molar-refractivity contribution in [3.05, 3.63) is 33.3 Å². The molecule has 2 rings (SSSR count). The Labute approximate surface area is 127 Å². The molecule has 5 heteroatoms. The monoisotopic (exact) mass is 344 g/mol. The second-order valence-corrected chi connectivity index (χ2v) is 6.15. The first-order valence-corrected chi connectivity index (χ1v) is 7.73. The number of amides is 1. The lowest BCUT2D eigenvalue weighted by Gasteiger charge is -2.14. The minimum atomic E-state index is -0.0515. The second kappa shape index (κ2) is 6.73. The van der Waals surface area contributed by atoms with E-state index >= 15 is 0 Å². The number of hydrogen-bond acceptors (Lipinski definition) is 2. The minimum absolute atomic E-state index is 0.0515. The summed E-state index contributed by atoms with van der Waals surface area (Å²) in [5.41, 5.74) is 0.610. The van der Waals surface area contributed by atoms with Gasteiger partial charge in [-0.15, -0.1) is 0 Å². The quantitative estimate of drug-likeness (QED) is 0.909. The Bertz CT molecular complexity index is 467. The van der Waals surface area contributed by atoms with Gasteiger partial charge in [-0.2, -0.15) is 0 Å². The Morgan fingerprint density at radius 3 is 3.00 bits per heavy atom. The number of carbonyl (C=O) groups is 1. The molecule has 0 saturated carbocycles. The molecule has 1 heterocycles. The van der Waals surface area contributed by atoms with Gasteiger partial charge in [-0.25, -0.2) is 0 Å². The summed E-state index contributed by atoms with van der Waals surface area (Å²) in [6, 6.07) is 5.26. The molecule has 0 radical (unpaired) electrons. The fourth-order valence-corrected chi connectivity index (χ4v) is 2.77. The van der Waals surface area contributed by atoms with Gasteiger partial charge in [0.25, 0.3) is 5.91 Å². The molecule has 0 spiro atoms. The van der Waals surface area contributed by atoms with Gasteiger partial charge in [0.1, 0.15) is 0 Å². The van der Waals surface area contributed by atoms with Crippen molar-refractivity contribution in [1.29, 1.82) is 0 Å². The normalized spacial score (nSPS) is 19.6. The lowest BCUT2D eigenvalue weighted by atomic mass is 10.1. The van der Waals surface area contributed by atoms with Crippen molar-refractivity contribution in [3.8, 4) is 0 Å². The van der Waals surface area contributed by atoms with E-state index in [1.54, 1.807) is 18.2 Å². The van der Waals surface area contributed by atoms with E-state index in [0.717, 1.165) is 37.1 Å². The fraction of sp³-hybridized carbons (Fsp3) is 0.500. The summed E-state index contributed by atoms with van der Waals surface area (Å²) in [6.07, 6.45) is 1.16. The summed E-state index contributed by atoms with van der Waals surface area (Å²) in [7, 11) is 0. The number of likely N-dealkylation sites (tertiary alicyclic amines) is 1. The van der Waals surface area contributed by atoms with E-state index in [4.69, 9.17) is 11.6 Å². The molecule has 1 fully saturated rings. The predicted octanol–water partition coefficient (Wildman–Crippen LogP) is 3.17. The lowest BCUT2D eigenvalue weighted by molar-refractivity contribution is 0.0947. The molecule has 1 unspecified atom stereocenters. The third kappa shape index (κ3) is 3.94. The van der Waals surface area contributed by atoms with Crippen LogP contribution in [0.4, 0.5) is 0 Å². The predicted molar refractivity (Wildman–Crippen MR) is 81.7 cm³/mol. The van der Waals surface area contributed by atoms with Crippen LogP contribution in [0.1, 0.15) is 23.7 Å². The van der Waals surface area contributed by atoms with E-state index in [2.05, 4.69) is 33.1 Å². The van der Waals surface area contributed by atoms with Gasteiger partial charge in [0.15, 0.2) is 0 Å². The molecule has 0 aliphatic carbocycles. The van der Waals surface area contributed by atoms with Gasteiger partial charge in [0.05, 0.1) is 5.02 Å². The Morgan fingerprint density at radius 2 is 2.37 bits per heavy atom.